The van der Waals surface area contributed by atoms with Crippen molar-refractivity contribution < 1.29 is 0 Å². The fourth-order valence-corrected chi connectivity index (χ4v) is 2.88. The van der Waals surface area contributed by atoms with E-state index in [9.17, 15) is 4.79 Å². The van der Waals surface area contributed by atoms with Crippen molar-refractivity contribution in [1.29, 1.82) is 0 Å². The van der Waals surface area contributed by atoms with Crippen LogP contribution in [-0.4, -0.2) is 14.5 Å². The zero-order valence-corrected chi connectivity index (χ0v) is 11.8. The van der Waals surface area contributed by atoms with Gasteiger partial charge in [0.1, 0.15) is 0 Å². The van der Waals surface area contributed by atoms with Gasteiger partial charge in [-0.05, 0) is 29.8 Å². The van der Waals surface area contributed by atoms with Gasteiger partial charge in [0.05, 0.1) is 10.9 Å². The maximum Gasteiger partial charge on any atom is 0.261 e. The van der Waals surface area contributed by atoms with E-state index in [0.29, 0.717) is 5.39 Å². The van der Waals surface area contributed by atoms with Crippen molar-refractivity contribution >= 4 is 22.7 Å². The van der Waals surface area contributed by atoms with Gasteiger partial charge in [0.2, 0.25) is 0 Å². The third-order valence-electron chi connectivity index (χ3n) is 3.06. The average molecular weight is 283 g/mol. The molecule has 0 saturated carbocycles. The predicted octanol–water partition coefficient (Wildman–Crippen LogP) is 2.62. The van der Waals surface area contributed by atoms with E-state index in [2.05, 4.69) is 9.97 Å². The van der Waals surface area contributed by atoms with E-state index in [4.69, 9.17) is 0 Å². The molecule has 2 heterocycles. The van der Waals surface area contributed by atoms with Crippen LogP contribution >= 0.6 is 11.8 Å². The first-order valence-corrected chi connectivity index (χ1v) is 7.22. The molecule has 0 N–H and O–H groups in total. The van der Waals surface area contributed by atoms with E-state index in [1.54, 1.807) is 35.8 Å². The number of hydrogen-bond acceptors (Lipinski definition) is 4. The van der Waals surface area contributed by atoms with Crippen LogP contribution in [0.15, 0.2) is 58.7 Å². The molecule has 100 valence electrons. The molecule has 0 radical (unpaired) electrons. The highest BCUT2D eigenvalue weighted by atomic mass is 32.2. The van der Waals surface area contributed by atoms with Gasteiger partial charge in [0.15, 0.2) is 5.16 Å². The number of para-hydroxylation sites is 1. The monoisotopic (exact) mass is 283 g/mol. The molecule has 0 amide bonds. The molecule has 3 aromatic rings. The molecule has 3 rings (SSSR count). The van der Waals surface area contributed by atoms with Crippen molar-refractivity contribution in [3.63, 3.8) is 0 Å². The SMILES string of the molecule is Cn1c(SCc2ccncc2)nc2ccccc2c1=O. The van der Waals surface area contributed by atoms with Crippen LogP contribution in [0.2, 0.25) is 0 Å². The van der Waals surface area contributed by atoms with Crippen LogP contribution in [0, 0.1) is 0 Å². The maximum atomic E-state index is 12.3. The van der Waals surface area contributed by atoms with Gasteiger partial charge in [0.25, 0.3) is 5.56 Å². The minimum atomic E-state index is -0.00664. The highest BCUT2D eigenvalue weighted by Crippen LogP contribution is 2.20. The standard InChI is InChI=1S/C15H13N3OS/c1-18-14(19)12-4-2-3-5-13(12)17-15(18)20-10-11-6-8-16-9-7-11/h2-9H,10H2,1H3. The van der Waals surface area contributed by atoms with E-state index in [-0.39, 0.29) is 5.56 Å². The molecule has 1 aromatic carbocycles. The minimum absolute atomic E-state index is 0.00664. The van der Waals surface area contributed by atoms with Gasteiger partial charge < -0.3 is 0 Å². The molecule has 5 heteroatoms. The molecule has 2 aromatic heterocycles. The Labute approximate surface area is 120 Å². The molecule has 20 heavy (non-hydrogen) atoms. The Bertz CT molecular complexity index is 799. The van der Waals surface area contributed by atoms with Crippen molar-refractivity contribution in [2.45, 2.75) is 10.9 Å². The van der Waals surface area contributed by atoms with Crippen molar-refractivity contribution in [3.8, 4) is 0 Å². The number of hydrogen-bond donors (Lipinski definition) is 0. The van der Waals surface area contributed by atoms with Crippen LogP contribution in [0.5, 0.6) is 0 Å². The summed E-state index contributed by atoms with van der Waals surface area (Å²) in [5.41, 5.74) is 1.90. The van der Waals surface area contributed by atoms with Crippen molar-refractivity contribution in [2.24, 2.45) is 7.05 Å². The van der Waals surface area contributed by atoms with Crippen molar-refractivity contribution in [3.05, 3.63) is 64.7 Å². The Morgan fingerprint density at radius 3 is 2.70 bits per heavy atom. The topological polar surface area (TPSA) is 47.8 Å². The number of rotatable bonds is 3. The number of thioether (sulfide) groups is 1. The van der Waals surface area contributed by atoms with Gasteiger partial charge in [0, 0.05) is 25.2 Å². The fourth-order valence-electron chi connectivity index (χ4n) is 1.95. The first-order valence-electron chi connectivity index (χ1n) is 6.23. The third kappa shape index (κ3) is 2.44. The van der Waals surface area contributed by atoms with Crippen LogP contribution in [0.25, 0.3) is 10.9 Å². The normalized spacial score (nSPS) is 10.8. The molecule has 0 atom stereocenters. The second-order valence-corrected chi connectivity index (χ2v) is 5.36. The lowest BCUT2D eigenvalue weighted by molar-refractivity contribution is 0.726. The van der Waals surface area contributed by atoms with Crippen LogP contribution in [-0.2, 0) is 12.8 Å². The number of benzene rings is 1. The summed E-state index contributed by atoms with van der Waals surface area (Å²) in [6.45, 7) is 0. The summed E-state index contributed by atoms with van der Waals surface area (Å²) >= 11 is 1.55. The average Bonchev–Trinajstić information content (AvgIpc) is 2.50. The summed E-state index contributed by atoms with van der Waals surface area (Å²) in [5.74, 6) is 0.765. The lowest BCUT2D eigenvalue weighted by atomic mass is 10.2. The quantitative estimate of drug-likeness (QED) is 0.547. The van der Waals surface area contributed by atoms with Crippen LogP contribution in [0.1, 0.15) is 5.56 Å². The Morgan fingerprint density at radius 2 is 1.90 bits per heavy atom. The van der Waals surface area contributed by atoms with Crippen LogP contribution in [0.3, 0.4) is 0 Å². The Hall–Kier alpha value is -2.14. The Morgan fingerprint density at radius 1 is 1.15 bits per heavy atom. The fraction of sp³-hybridized carbons (Fsp3) is 0.133. The van der Waals surface area contributed by atoms with E-state index in [0.717, 1.165) is 22.0 Å². The zero-order valence-electron chi connectivity index (χ0n) is 11.0. The molecule has 0 spiro atoms. The third-order valence-corrected chi connectivity index (χ3v) is 4.16. The van der Waals surface area contributed by atoms with Gasteiger partial charge >= 0.3 is 0 Å². The molecule has 0 aliphatic carbocycles. The Kier molecular flexibility index (Phi) is 3.52. The van der Waals surface area contributed by atoms with Gasteiger partial charge in [-0.1, -0.05) is 23.9 Å². The van der Waals surface area contributed by atoms with Gasteiger partial charge in [-0.2, -0.15) is 0 Å². The number of fused-ring (bicyclic) bond motifs is 1. The molecule has 0 unspecified atom stereocenters. The Balaban J connectivity index is 1.96. The molecule has 0 bridgehead atoms. The smallest absolute Gasteiger partial charge is 0.261 e. The second-order valence-electron chi connectivity index (χ2n) is 4.42. The molecule has 0 aliphatic rings. The summed E-state index contributed by atoms with van der Waals surface area (Å²) in [6, 6.07) is 11.4. The minimum Gasteiger partial charge on any atom is -0.290 e. The zero-order chi connectivity index (χ0) is 13.9. The highest BCUT2D eigenvalue weighted by molar-refractivity contribution is 7.98. The number of aromatic nitrogens is 3. The van der Waals surface area contributed by atoms with Crippen LogP contribution < -0.4 is 5.56 Å². The van der Waals surface area contributed by atoms with Crippen molar-refractivity contribution in [2.75, 3.05) is 0 Å². The molecule has 0 aliphatic heterocycles. The summed E-state index contributed by atoms with van der Waals surface area (Å²) < 4.78 is 1.61. The highest BCUT2D eigenvalue weighted by Gasteiger charge is 2.08. The van der Waals surface area contributed by atoms with Crippen molar-refractivity contribution in [1.82, 2.24) is 14.5 Å². The first kappa shape index (κ1) is 12.9. The van der Waals surface area contributed by atoms with E-state index in [1.807, 2.05) is 36.4 Å². The van der Waals surface area contributed by atoms with Gasteiger partial charge in [-0.15, -0.1) is 0 Å². The number of pyridine rings is 1. The summed E-state index contributed by atoms with van der Waals surface area (Å²) in [5, 5.41) is 1.38. The molecule has 0 fully saturated rings. The molecular formula is C15H13N3OS. The largest absolute Gasteiger partial charge is 0.290 e. The maximum absolute atomic E-state index is 12.3. The van der Waals surface area contributed by atoms with Gasteiger partial charge in [-0.25, -0.2) is 4.98 Å². The summed E-state index contributed by atoms with van der Waals surface area (Å²) in [4.78, 5) is 20.8. The lowest BCUT2D eigenvalue weighted by Gasteiger charge is -2.08. The van der Waals surface area contributed by atoms with Crippen LogP contribution in [0.4, 0.5) is 0 Å². The van der Waals surface area contributed by atoms with Gasteiger partial charge in [-0.3, -0.25) is 14.3 Å². The van der Waals surface area contributed by atoms with E-state index in [1.165, 1.54) is 0 Å². The lowest BCUT2D eigenvalue weighted by Crippen LogP contribution is -2.19. The second kappa shape index (κ2) is 5.46. The molecule has 0 saturated heterocycles. The molecule has 4 nitrogen and oxygen atoms in total. The van der Waals surface area contributed by atoms with E-state index < -0.39 is 0 Å². The number of nitrogens with zero attached hydrogens (tertiary/aromatic N) is 3. The summed E-state index contributed by atoms with van der Waals surface area (Å²) in [6.07, 6.45) is 3.53. The molecular weight excluding hydrogens is 270 g/mol. The predicted molar refractivity (Wildman–Crippen MR) is 80.8 cm³/mol. The summed E-state index contributed by atoms with van der Waals surface area (Å²) in [7, 11) is 1.76. The van der Waals surface area contributed by atoms with E-state index >= 15 is 0 Å². The first-order chi connectivity index (χ1) is 9.75.